The lowest BCUT2D eigenvalue weighted by molar-refractivity contribution is -0.129. The van der Waals surface area contributed by atoms with Gasteiger partial charge in [0.2, 0.25) is 11.8 Å². The van der Waals surface area contributed by atoms with Gasteiger partial charge in [0, 0.05) is 28.9 Å². The number of thiophene rings is 1. The molecule has 0 spiro atoms. The third kappa shape index (κ3) is 7.08. The van der Waals surface area contributed by atoms with E-state index in [1.54, 1.807) is 41.3 Å². The highest BCUT2D eigenvalue weighted by Crippen LogP contribution is 2.41. The van der Waals surface area contributed by atoms with Crippen molar-refractivity contribution < 1.29 is 33.8 Å². The van der Waals surface area contributed by atoms with Gasteiger partial charge in [-0.15, -0.1) is 23.1 Å². The number of amides is 3. The average molecular weight is 644 g/mol. The van der Waals surface area contributed by atoms with Crippen molar-refractivity contribution in [3.8, 4) is 0 Å². The van der Waals surface area contributed by atoms with Crippen molar-refractivity contribution in [2.45, 2.75) is 30.0 Å². The molecule has 1 aliphatic rings. The first-order chi connectivity index (χ1) is 21.7. The first-order valence-corrected chi connectivity index (χ1v) is 15.6. The molecule has 1 aliphatic heterocycles. The molecule has 3 amide bonds. The second-order valence-corrected chi connectivity index (χ2v) is 12.4. The zero-order valence-electron chi connectivity index (χ0n) is 24.4. The number of aromatic carboxylic acids is 1. The van der Waals surface area contributed by atoms with Crippen molar-refractivity contribution in [3.63, 3.8) is 0 Å². The lowest BCUT2D eigenvalue weighted by atomic mass is 10.0. The van der Waals surface area contributed by atoms with Crippen LogP contribution in [-0.2, 0) is 27.3 Å². The Kier molecular flexibility index (Phi) is 9.65. The number of thioether (sulfide) groups is 1. The van der Waals surface area contributed by atoms with Gasteiger partial charge in [-0.2, -0.15) is 0 Å². The first-order valence-electron chi connectivity index (χ1n) is 13.9. The van der Waals surface area contributed by atoms with Crippen LogP contribution in [0.25, 0.3) is 0 Å². The fraction of sp³-hybridized carbons (Fsp3) is 0.182. The Bertz CT molecular complexity index is 1790. The van der Waals surface area contributed by atoms with Gasteiger partial charge >= 0.3 is 11.9 Å². The number of carbonyl (C=O) groups is 5. The zero-order valence-corrected chi connectivity index (χ0v) is 26.0. The monoisotopic (exact) mass is 643 g/mol. The van der Waals surface area contributed by atoms with Crippen molar-refractivity contribution >= 4 is 63.4 Å². The minimum absolute atomic E-state index is 0.0241. The maximum atomic E-state index is 13.9. The number of hydrogen-bond donors (Lipinski definition) is 3. The molecule has 1 atom stereocenters. The topological polar surface area (TPSA) is 142 Å². The molecule has 2 heterocycles. The van der Waals surface area contributed by atoms with Gasteiger partial charge in [-0.05, 0) is 47.9 Å². The van der Waals surface area contributed by atoms with E-state index in [-0.39, 0.29) is 22.9 Å². The highest BCUT2D eigenvalue weighted by Gasteiger charge is 2.32. The quantitative estimate of drug-likeness (QED) is 0.152. The van der Waals surface area contributed by atoms with E-state index in [1.165, 1.54) is 49.3 Å². The number of fused-ring (bicyclic) bond motifs is 1. The van der Waals surface area contributed by atoms with Crippen LogP contribution in [-0.4, -0.2) is 53.3 Å². The normalized spacial score (nSPS) is 12.9. The number of ether oxygens (including phenoxy) is 1. The average Bonchev–Trinajstić information content (AvgIpc) is 3.40. The molecule has 45 heavy (non-hydrogen) atoms. The molecule has 0 aliphatic carbocycles. The van der Waals surface area contributed by atoms with Gasteiger partial charge in [-0.1, -0.05) is 48.5 Å². The number of nitrogens with one attached hydrogen (secondary N) is 2. The van der Waals surface area contributed by atoms with Gasteiger partial charge in [0.05, 0.1) is 30.3 Å². The zero-order chi connectivity index (χ0) is 32.1. The number of hydrogen-bond acceptors (Lipinski definition) is 8. The molecule has 5 rings (SSSR count). The molecule has 10 nitrogen and oxygen atoms in total. The summed E-state index contributed by atoms with van der Waals surface area (Å²) in [5, 5.41) is 14.8. The number of anilines is 2. The number of methoxy groups -OCH3 is 1. The predicted octanol–water partition coefficient (Wildman–Crippen LogP) is 5.86. The summed E-state index contributed by atoms with van der Waals surface area (Å²) in [6.07, 6.45) is 0.470. The number of nitrogens with zero attached hydrogens (tertiary/aromatic N) is 1. The van der Waals surface area contributed by atoms with E-state index < -0.39 is 23.1 Å². The standard InChI is InChI=1S/C33H29N3O7S2/c1-19(37)36-16-15-25-26(18-36)45-31(27(25)33(42)43-2)35-30(39)28(20-9-4-3-5-10-20)44-22-12-8-11-21(17-22)34-29(38)23-13-6-7-14-24(23)32(40)41/h3-14,17,28H,15-16,18H2,1-2H3,(H,34,38)(H,35,39)(H,40,41). The molecule has 4 aromatic rings. The molecule has 3 N–H and O–H groups in total. The molecule has 230 valence electrons. The van der Waals surface area contributed by atoms with E-state index in [4.69, 9.17) is 4.74 Å². The SMILES string of the molecule is COC(=O)c1c(NC(=O)C(Sc2cccc(NC(=O)c3ccccc3C(=O)O)c2)c2ccccc2)sc2c1CCN(C(C)=O)C2. The molecular formula is C33H29N3O7S2. The first kappa shape index (κ1) is 31.5. The van der Waals surface area contributed by atoms with Gasteiger partial charge in [-0.25, -0.2) is 9.59 Å². The third-order valence-corrected chi connectivity index (χ3v) is 9.60. The summed E-state index contributed by atoms with van der Waals surface area (Å²) in [6, 6.07) is 22.0. The number of esters is 1. The number of carboxylic acids is 1. The summed E-state index contributed by atoms with van der Waals surface area (Å²) in [7, 11) is 1.29. The van der Waals surface area contributed by atoms with Gasteiger partial charge < -0.3 is 25.4 Å². The van der Waals surface area contributed by atoms with Crippen LogP contribution in [0.15, 0.2) is 83.8 Å². The summed E-state index contributed by atoms with van der Waals surface area (Å²) in [5.74, 6) is -2.78. The minimum Gasteiger partial charge on any atom is -0.478 e. The van der Waals surface area contributed by atoms with Gasteiger partial charge in [-0.3, -0.25) is 14.4 Å². The van der Waals surface area contributed by atoms with Crippen molar-refractivity contribution in [1.29, 1.82) is 0 Å². The van der Waals surface area contributed by atoms with Crippen molar-refractivity contribution in [2.75, 3.05) is 24.3 Å². The Morgan fingerprint density at radius 3 is 2.33 bits per heavy atom. The fourth-order valence-electron chi connectivity index (χ4n) is 5.01. The number of rotatable bonds is 9. The molecule has 0 bridgehead atoms. The minimum atomic E-state index is -1.21. The van der Waals surface area contributed by atoms with E-state index in [1.807, 2.05) is 30.3 Å². The molecule has 12 heteroatoms. The molecular weight excluding hydrogens is 615 g/mol. The molecule has 0 fully saturated rings. The van der Waals surface area contributed by atoms with Crippen LogP contribution in [0.2, 0.25) is 0 Å². The molecule has 3 aromatic carbocycles. The lowest BCUT2D eigenvalue weighted by Crippen LogP contribution is -2.33. The molecule has 0 radical (unpaired) electrons. The van der Waals surface area contributed by atoms with E-state index in [9.17, 15) is 29.1 Å². The van der Waals surface area contributed by atoms with Crippen LogP contribution in [0.4, 0.5) is 10.7 Å². The van der Waals surface area contributed by atoms with Gasteiger partial charge in [0.1, 0.15) is 10.3 Å². The summed E-state index contributed by atoms with van der Waals surface area (Å²) in [5.41, 5.74) is 2.13. The van der Waals surface area contributed by atoms with E-state index in [0.29, 0.717) is 46.2 Å². The Hall–Kier alpha value is -4.94. The van der Waals surface area contributed by atoms with Crippen LogP contribution < -0.4 is 10.6 Å². The van der Waals surface area contributed by atoms with Crippen molar-refractivity contribution in [1.82, 2.24) is 4.90 Å². The predicted molar refractivity (Wildman–Crippen MR) is 172 cm³/mol. The second-order valence-electron chi connectivity index (χ2n) is 10.1. The fourth-order valence-corrected chi connectivity index (χ4v) is 7.34. The Balaban J connectivity index is 1.41. The maximum absolute atomic E-state index is 13.9. The third-order valence-electron chi connectivity index (χ3n) is 7.22. The smallest absolute Gasteiger partial charge is 0.341 e. The summed E-state index contributed by atoms with van der Waals surface area (Å²) < 4.78 is 5.06. The van der Waals surface area contributed by atoms with Crippen LogP contribution in [0.1, 0.15) is 59.3 Å². The Morgan fingerprint density at radius 1 is 0.933 bits per heavy atom. The van der Waals surface area contributed by atoms with E-state index >= 15 is 0 Å². The maximum Gasteiger partial charge on any atom is 0.341 e. The van der Waals surface area contributed by atoms with Crippen LogP contribution >= 0.6 is 23.1 Å². The van der Waals surface area contributed by atoms with Crippen LogP contribution in [0.3, 0.4) is 0 Å². The number of carboxylic acid groups (broad SMARTS) is 1. The van der Waals surface area contributed by atoms with Crippen molar-refractivity contribution in [3.05, 3.63) is 112 Å². The van der Waals surface area contributed by atoms with Crippen LogP contribution in [0.5, 0.6) is 0 Å². The summed E-state index contributed by atoms with van der Waals surface area (Å²) in [6.45, 7) is 2.31. The lowest BCUT2D eigenvalue weighted by Gasteiger charge is -2.25. The Labute approximate surface area is 267 Å². The second kappa shape index (κ2) is 13.8. The summed E-state index contributed by atoms with van der Waals surface area (Å²) in [4.78, 5) is 66.5. The molecule has 0 saturated heterocycles. The summed E-state index contributed by atoms with van der Waals surface area (Å²) >= 11 is 2.51. The Morgan fingerprint density at radius 2 is 1.64 bits per heavy atom. The van der Waals surface area contributed by atoms with Gasteiger partial charge in [0.25, 0.3) is 5.91 Å². The highest BCUT2D eigenvalue weighted by molar-refractivity contribution is 8.00. The number of benzene rings is 3. The van der Waals surface area contributed by atoms with Crippen molar-refractivity contribution in [2.24, 2.45) is 0 Å². The molecule has 1 aromatic heterocycles. The highest BCUT2D eigenvalue weighted by atomic mass is 32.2. The van der Waals surface area contributed by atoms with Crippen LogP contribution in [0, 0.1) is 0 Å². The largest absolute Gasteiger partial charge is 0.478 e. The molecule has 0 saturated carbocycles. The van der Waals surface area contributed by atoms with E-state index in [2.05, 4.69) is 10.6 Å². The van der Waals surface area contributed by atoms with E-state index in [0.717, 1.165) is 10.4 Å². The number of carbonyl (C=O) groups excluding carboxylic acids is 4. The van der Waals surface area contributed by atoms with Gasteiger partial charge in [0.15, 0.2) is 0 Å². The molecule has 1 unspecified atom stereocenters.